The van der Waals surface area contributed by atoms with Gasteiger partial charge in [-0.05, 0) is 71.8 Å². The van der Waals surface area contributed by atoms with E-state index >= 15 is 0 Å². The summed E-state index contributed by atoms with van der Waals surface area (Å²) in [4.78, 5) is 15.3. The summed E-state index contributed by atoms with van der Waals surface area (Å²) in [5, 5.41) is 6.02. The zero-order chi connectivity index (χ0) is 35.6. The molecule has 11 aromatic rings. The lowest BCUT2D eigenvalue weighted by Crippen LogP contribution is -1.99. The smallest absolute Gasteiger partial charge is 0.160 e. The molecule has 7 aromatic carbocycles. The molecule has 0 saturated carbocycles. The van der Waals surface area contributed by atoms with Crippen LogP contribution in [-0.2, 0) is 0 Å². The van der Waals surface area contributed by atoms with E-state index in [-0.39, 0.29) is 0 Å². The van der Waals surface area contributed by atoms with Gasteiger partial charge in [0, 0.05) is 64.9 Å². The first-order valence-electron chi connectivity index (χ1n) is 18.1. The third kappa shape index (κ3) is 4.94. The van der Waals surface area contributed by atoms with Gasteiger partial charge in [0.1, 0.15) is 0 Å². The molecule has 4 heterocycles. The van der Waals surface area contributed by atoms with Crippen molar-refractivity contribution in [2.75, 3.05) is 0 Å². The van der Waals surface area contributed by atoms with Crippen LogP contribution in [-0.4, -0.2) is 19.5 Å². The standard InChI is InChI=1S/C49H30N4S/c1-2-13-31(14-3-1)49-51-42(30-43(52-49)39-19-11-25-47-48(39)40-17-6-9-24-46(40)54-47)33-27-32(35-18-10-21-41-36(35)20-12-26-50-41)28-34(29-33)53-44-22-7-4-15-37(44)38-16-5-8-23-45(38)53/h1-30H. The monoisotopic (exact) mass is 706 g/mol. The summed E-state index contributed by atoms with van der Waals surface area (Å²) in [6, 6.07) is 62.5. The lowest BCUT2D eigenvalue weighted by atomic mass is 9.96. The largest absolute Gasteiger partial charge is 0.309 e. The Morgan fingerprint density at radius 3 is 1.91 bits per heavy atom. The number of fused-ring (bicyclic) bond motifs is 7. The minimum atomic E-state index is 0.692. The highest BCUT2D eigenvalue weighted by atomic mass is 32.1. The molecule has 0 unspecified atom stereocenters. The number of thiophene rings is 1. The normalized spacial score (nSPS) is 11.7. The minimum Gasteiger partial charge on any atom is -0.309 e. The van der Waals surface area contributed by atoms with Crippen LogP contribution in [0.25, 0.3) is 104 Å². The molecule has 0 aliphatic rings. The minimum absolute atomic E-state index is 0.692. The predicted molar refractivity (Wildman–Crippen MR) is 226 cm³/mol. The van der Waals surface area contributed by atoms with Gasteiger partial charge in [-0.25, -0.2) is 9.97 Å². The van der Waals surface area contributed by atoms with Gasteiger partial charge in [-0.2, -0.15) is 0 Å². The van der Waals surface area contributed by atoms with Crippen LogP contribution in [0.5, 0.6) is 0 Å². The van der Waals surface area contributed by atoms with E-state index in [1.165, 1.54) is 30.9 Å². The highest BCUT2D eigenvalue weighted by Gasteiger charge is 2.19. The number of nitrogens with zero attached hydrogens (tertiary/aromatic N) is 4. The van der Waals surface area contributed by atoms with Gasteiger partial charge in [0.25, 0.3) is 0 Å². The van der Waals surface area contributed by atoms with Gasteiger partial charge in [-0.15, -0.1) is 11.3 Å². The first-order chi connectivity index (χ1) is 26.8. The van der Waals surface area contributed by atoms with Crippen LogP contribution in [0.15, 0.2) is 182 Å². The molecule has 0 aliphatic heterocycles. The lowest BCUT2D eigenvalue weighted by molar-refractivity contribution is 1.17. The van der Waals surface area contributed by atoms with Crippen LogP contribution in [0.1, 0.15) is 0 Å². The number of pyridine rings is 1. The first kappa shape index (κ1) is 30.7. The summed E-state index contributed by atoms with van der Waals surface area (Å²) in [5.74, 6) is 0.692. The molecular formula is C49H30N4S. The molecule has 5 heteroatoms. The van der Waals surface area contributed by atoms with Gasteiger partial charge < -0.3 is 4.57 Å². The van der Waals surface area contributed by atoms with Gasteiger partial charge in [0.05, 0.1) is 27.9 Å². The molecule has 0 amide bonds. The van der Waals surface area contributed by atoms with Crippen LogP contribution >= 0.6 is 11.3 Å². The molecule has 0 fully saturated rings. The Labute approximate surface area is 315 Å². The summed E-state index contributed by atoms with van der Waals surface area (Å²) >= 11 is 1.82. The van der Waals surface area contributed by atoms with Crippen molar-refractivity contribution in [3.8, 4) is 50.7 Å². The van der Waals surface area contributed by atoms with E-state index < -0.39 is 0 Å². The fourth-order valence-electron chi connectivity index (χ4n) is 8.04. The number of benzene rings is 7. The maximum atomic E-state index is 5.34. The molecule has 0 N–H and O–H groups in total. The van der Waals surface area contributed by atoms with Crippen molar-refractivity contribution < 1.29 is 0 Å². The number of hydrogen-bond acceptors (Lipinski definition) is 4. The Bertz CT molecular complexity index is 3170. The molecule has 54 heavy (non-hydrogen) atoms. The maximum Gasteiger partial charge on any atom is 0.160 e. The third-order valence-electron chi connectivity index (χ3n) is 10.4. The van der Waals surface area contributed by atoms with Crippen molar-refractivity contribution in [3.05, 3.63) is 182 Å². The van der Waals surface area contributed by atoms with Gasteiger partial charge in [0.2, 0.25) is 0 Å². The SMILES string of the molecule is c1ccc(-c2nc(-c3cc(-c4cccc5ncccc45)cc(-n4c5ccccc5c5ccccc54)c3)cc(-c3cccc4sc5ccccc5c34)n2)cc1. The molecule has 0 saturated heterocycles. The van der Waals surface area contributed by atoms with Crippen molar-refractivity contribution in [3.63, 3.8) is 0 Å². The zero-order valence-corrected chi connectivity index (χ0v) is 29.8. The average Bonchev–Trinajstić information content (AvgIpc) is 3.80. The summed E-state index contributed by atoms with van der Waals surface area (Å²) in [6.45, 7) is 0. The first-order valence-corrected chi connectivity index (χ1v) is 18.9. The summed E-state index contributed by atoms with van der Waals surface area (Å²) in [7, 11) is 0. The highest BCUT2D eigenvalue weighted by Crippen LogP contribution is 2.42. The van der Waals surface area contributed by atoms with E-state index in [9.17, 15) is 0 Å². The molecule has 0 spiro atoms. The van der Waals surface area contributed by atoms with Crippen LogP contribution in [0.3, 0.4) is 0 Å². The molecule has 0 aliphatic carbocycles. The summed E-state index contributed by atoms with van der Waals surface area (Å²) < 4.78 is 4.90. The van der Waals surface area contributed by atoms with Gasteiger partial charge in [-0.3, -0.25) is 4.98 Å². The summed E-state index contributed by atoms with van der Waals surface area (Å²) in [6.07, 6.45) is 1.86. The molecule has 4 nitrogen and oxygen atoms in total. The fraction of sp³-hybridized carbons (Fsp3) is 0. The van der Waals surface area contributed by atoms with E-state index in [0.29, 0.717) is 5.82 Å². The molecular weight excluding hydrogens is 677 g/mol. The number of hydrogen-bond donors (Lipinski definition) is 0. The van der Waals surface area contributed by atoms with Gasteiger partial charge in [-0.1, -0.05) is 115 Å². The van der Waals surface area contributed by atoms with E-state index in [0.717, 1.165) is 66.8 Å². The Morgan fingerprint density at radius 2 is 1.07 bits per heavy atom. The Morgan fingerprint density at radius 1 is 0.426 bits per heavy atom. The lowest BCUT2D eigenvalue weighted by Gasteiger charge is -2.16. The van der Waals surface area contributed by atoms with E-state index in [1.807, 2.05) is 41.8 Å². The average molecular weight is 707 g/mol. The molecule has 0 atom stereocenters. The third-order valence-corrected chi connectivity index (χ3v) is 11.6. The number of rotatable bonds is 5. The second kappa shape index (κ2) is 12.3. The second-order valence-electron chi connectivity index (χ2n) is 13.6. The van der Waals surface area contributed by atoms with Gasteiger partial charge >= 0.3 is 0 Å². The molecule has 0 bridgehead atoms. The van der Waals surface area contributed by atoms with Crippen molar-refractivity contribution in [2.24, 2.45) is 0 Å². The van der Waals surface area contributed by atoms with Crippen molar-refractivity contribution in [2.45, 2.75) is 0 Å². The van der Waals surface area contributed by atoms with E-state index in [4.69, 9.17) is 15.0 Å². The number of para-hydroxylation sites is 2. The number of aromatic nitrogens is 4. The van der Waals surface area contributed by atoms with Gasteiger partial charge in [0.15, 0.2) is 5.82 Å². The van der Waals surface area contributed by atoms with Crippen molar-refractivity contribution in [1.29, 1.82) is 0 Å². The second-order valence-corrected chi connectivity index (χ2v) is 14.7. The maximum absolute atomic E-state index is 5.34. The van der Waals surface area contributed by atoms with Crippen molar-refractivity contribution >= 4 is 64.2 Å². The predicted octanol–water partition coefficient (Wildman–Crippen LogP) is 13.2. The highest BCUT2D eigenvalue weighted by molar-refractivity contribution is 7.25. The van der Waals surface area contributed by atoms with E-state index in [1.54, 1.807) is 0 Å². The molecule has 4 aromatic heterocycles. The van der Waals surface area contributed by atoms with E-state index in [2.05, 4.69) is 156 Å². The molecule has 0 radical (unpaired) electrons. The molecule has 252 valence electrons. The zero-order valence-electron chi connectivity index (χ0n) is 29.0. The quantitative estimate of drug-likeness (QED) is 0.179. The van der Waals surface area contributed by atoms with Crippen molar-refractivity contribution in [1.82, 2.24) is 19.5 Å². The fourth-order valence-corrected chi connectivity index (χ4v) is 9.17. The van der Waals surface area contributed by atoms with Crippen LogP contribution < -0.4 is 0 Å². The van der Waals surface area contributed by atoms with Crippen LogP contribution in [0.2, 0.25) is 0 Å². The van der Waals surface area contributed by atoms with Crippen LogP contribution in [0.4, 0.5) is 0 Å². The summed E-state index contributed by atoms with van der Waals surface area (Å²) in [5.41, 5.74) is 11.4. The Hall–Kier alpha value is -6.95. The molecule has 11 rings (SSSR count). The Balaban J connectivity index is 1.22. The topological polar surface area (TPSA) is 43.6 Å². The van der Waals surface area contributed by atoms with Crippen LogP contribution in [0, 0.1) is 0 Å². The Kier molecular flexibility index (Phi) is 7.00.